The number of likely N-dealkylation sites (tertiary alicyclic amines) is 1. The van der Waals surface area contributed by atoms with E-state index in [9.17, 15) is 9.59 Å². The summed E-state index contributed by atoms with van der Waals surface area (Å²) in [7, 11) is 1.83. The van der Waals surface area contributed by atoms with Crippen LogP contribution in [0.5, 0.6) is 0 Å². The van der Waals surface area contributed by atoms with Crippen LogP contribution in [0.1, 0.15) is 12.8 Å². The van der Waals surface area contributed by atoms with Crippen LogP contribution in [0.4, 0.5) is 5.69 Å². The van der Waals surface area contributed by atoms with Crippen LogP contribution in [0.2, 0.25) is 0 Å². The summed E-state index contributed by atoms with van der Waals surface area (Å²) in [5.74, 6) is 0.0576. The van der Waals surface area contributed by atoms with Gasteiger partial charge in [0.15, 0.2) is 6.54 Å². The number of hydrogen-bond donors (Lipinski definition) is 1. The fourth-order valence-electron chi connectivity index (χ4n) is 2.18. The number of rotatable bonds is 3. The van der Waals surface area contributed by atoms with Gasteiger partial charge in [0.2, 0.25) is 0 Å². The molecular weight excluding hydrogens is 216 g/mol. The molecule has 1 heterocycles. The number of likely N-dealkylation sites (N-methyl/N-ethyl adjacent to an activating group) is 1. The van der Waals surface area contributed by atoms with Crippen LogP contribution in [-0.2, 0) is 9.59 Å². The summed E-state index contributed by atoms with van der Waals surface area (Å²) >= 11 is 0. The van der Waals surface area contributed by atoms with E-state index in [2.05, 4.69) is 5.32 Å². The molecule has 0 bridgehead atoms. The minimum Gasteiger partial charge on any atom is -0.321 e. The lowest BCUT2D eigenvalue weighted by molar-refractivity contribution is -0.817. The molecule has 0 saturated carbocycles. The normalized spacial score (nSPS) is 23.7. The largest absolute Gasteiger partial charge is 0.321 e. The predicted octanol–water partition coefficient (Wildman–Crippen LogP) is 1.39. The zero-order valence-electron chi connectivity index (χ0n) is 9.98. The lowest BCUT2D eigenvalue weighted by Crippen LogP contribution is -2.49. The van der Waals surface area contributed by atoms with Gasteiger partial charge in [0, 0.05) is 12.1 Å². The average molecular weight is 233 g/mol. The van der Waals surface area contributed by atoms with Gasteiger partial charge in [0.05, 0.1) is 20.0 Å². The van der Waals surface area contributed by atoms with Crippen molar-refractivity contribution in [2.75, 3.05) is 25.5 Å². The Kier molecular flexibility index (Phi) is 3.24. The molecule has 1 aliphatic rings. The summed E-state index contributed by atoms with van der Waals surface area (Å²) in [6, 6.07) is 9.31. The second-order valence-corrected chi connectivity index (χ2v) is 4.69. The highest BCUT2D eigenvalue weighted by Gasteiger charge is 2.38. The summed E-state index contributed by atoms with van der Waals surface area (Å²) in [5, 5.41) is 2.81. The second-order valence-electron chi connectivity index (χ2n) is 4.69. The molecule has 0 aromatic heterocycles. The number of quaternary nitrogens is 1. The SMILES string of the molecule is C[N+]1(CC(=O)Nc2ccccc2)CCCC1=O. The minimum atomic E-state index is -0.103. The van der Waals surface area contributed by atoms with Crippen molar-refractivity contribution >= 4 is 17.5 Å². The van der Waals surface area contributed by atoms with Gasteiger partial charge in [-0.25, -0.2) is 4.79 Å². The Hall–Kier alpha value is -1.68. The molecule has 1 atom stereocenters. The molecule has 1 aromatic carbocycles. The first-order valence-electron chi connectivity index (χ1n) is 5.83. The lowest BCUT2D eigenvalue weighted by Gasteiger charge is -2.25. The van der Waals surface area contributed by atoms with Crippen molar-refractivity contribution in [2.45, 2.75) is 12.8 Å². The molecule has 2 rings (SSSR count). The van der Waals surface area contributed by atoms with Crippen LogP contribution in [0.25, 0.3) is 0 Å². The van der Waals surface area contributed by atoms with Crippen LogP contribution in [0.15, 0.2) is 30.3 Å². The summed E-state index contributed by atoms with van der Waals surface area (Å²) < 4.78 is 0.235. The monoisotopic (exact) mass is 233 g/mol. The maximum atomic E-state index is 11.8. The molecule has 1 aromatic rings. The second kappa shape index (κ2) is 4.67. The molecule has 1 fully saturated rings. The van der Waals surface area contributed by atoms with Crippen molar-refractivity contribution in [3.05, 3.63) is 30.3 Å². The van der Waals surface area contributed by atoms with Gasteiger partial charge in [-0.05, 0) is 12.1 Å². The Balaban J connectivity index is 1.96. The van der Waals surface area contributed by atoms with E-state index in [-0.39, 0.29) is 22.8 Å². The number of amides is 2. The van der Waals surface area contributed by atoms with Crippen molar-refractivity contribution in [1.82, 2.24) is 0 Å². The van der Waals surface area contributed by atoms with Gasteiger partial charge in [-0.3, -0.25) is 9.28 Å². The average Bonchev–Trinajstić information content (AvgIpc) is 2.60. The van der Waals surface area contributed by atoms with Gasteiger partial charge >= 0.3 is 5.91 Å². The molecule has 17 heavy (non-hydrogen) atoms. The molecule has 1 aliphatic heterocycles. The highest BCUT2D eigenvalue weighted by Crippen LogP contribution is 2.18. The van der Waals surface area contributed by atoms with Crippen molar-refractivity contribution in [2.24, 2.45) is 0 Å². The van der Waals surface area contributed by atoms with E-state index < -0.39 is 0 Å². The minimum absolute atomic E-state index is 0.103. The van der Waals surface area contributed by atoms with Gasteiger partial charge in [-0.1, -0.05) is 18.2 Å². The Bertz CT molecular complexity index is 430. The van der Waals surface area contributed by atoms with Crippen LogP contribution >= 0.6 is 0 Å². The van der Waals surface area contributed by atoms with E-state index >= 15 is 0 Å². The predicted molar refractivity (Wildman–Crippen MR) is 65.2 cm³/mol. The van der Waals surface area contributed by atoms with Gasteiger partial charge < -0.3 is 5.32 Å². The van der Waals surface area contributed by atoms with Crippen molar-refractivity contribution in [3.8, 4) is 0 Å². The number of nitrogens with zero attached hydrogens (tertiary/aromatic N) is 1. The Labute approximate surface area is 101 Å². The zero-order valence-corrected chi connectivity index (χ0v) is 9.98. The Morgan fingerprint density at radius 1 is 1.35 bits per heavy atom. The van der Waals surface area contributed by atoms with Crippen molar-refractivity contribution in [1.29, 1.82) is 0 Å². The molecule has 1 N–H and O–H groups in total. The molecule has 1 saturated heterocycles. The fourth-order valence-corrected chi connectivity index (χ4v) is 2.18. The fraction of sp³-hybridized carbons (Fsp3) is 0.385. The van der Waals surface area contributed by atoms with E-state index in [1.165, 1.54) is 0 Å². The highest BCUT2D eigenvalue weighted by molar-refractivity contribution is 5.92. The van der Waals surface area contributed by atoms with E-state index in [1.807, 2.05) is 37.4 Å². The topological polar surface area (TPSA) is 46.2 Å². The molecule has 0 aliphatic carbocycles. The van der Waals surface area contributed by atoms with Gasteiger partial charge in [0.1, 0.15) is 0 Å². The summed E-state index contributed by atoms with van der Waals surface area (Å²) in [6.45, 7) is 0.995. The smallest absolute Gasteiger partial charge is 0.314 e. The maximum Gasteiger partial charge on any atom is 0.314 e. The number of carbonyl (C=O) groups is 2. The van der Waals surface area contributed by atoms with Crippen LogP contribution in [0, 0.1) is 0 Å². The molecule has 4 heteroatoms. The third kappa shape index (κ3) is 2.71. The summed E-state index contributed by atoms with van der Waals surface area (Å²) in [6.07, 6.45) is 1.48. The van der Waals surface area contributed by atoms with Gasteiger partial charge in [0.25, 0.3) is 5.91 Å². The molecular formula is C13H17N2O2+. The lowest BCUT2D eigenvalue weighted by atomic mass is 10.3. The zero-order chi connectivity index (χ0) is 12.3. The summed E-state index contributed by atoms with van der Waals surface area (Å²) in [4.78, 5) is 23.5. The van der Waals surface area contributed by atoms with Gasteiger partial charge in [-0.15, -0.1) is 0 Å². The van der Waals surface area contributed by atoms with Crippen LogP contribution in [0.3, 0.4) is 0 Å². The third-order valence-corrected chi connectivity index (χ3v) is 3.19. The number of carbonyl (C=O) groups excluding carboxylic acids is 2. The first-order valence-corrected chi connectivity index (χ1v) is 5.83. The quantitative estimate of drug-likeness (QED) is 0.802. The molecule has 2 amide bonds. The van der Waals surface area contributed by atoms with E-state index in [0.29, 0.717) is 6.42 Å². The van der Waals surface area contributed by atoms with Gasteiger partial charge in [-0.2, -0.15) is 0 Å². The molecule has 0 spiro atoms. The molecule has 1 unspecified atom stereocenters. The first kappa shape index (κ1) is 11.8. The molecule has 90 valence electrons. The van der Waals surface area contributed by atoms with E-state index in [1.54, 1.807) is 0 Å². The maximum absolute atomic E-state index is 11.8. The number of hydrogen-bond acceptors (Lipinski definition) is 2. The summed E-state index contributed by atoms with van der Waals surface area (Å²) in [5.41, 5.74) is 0.774. The first-order chi connectivity index (χ1) is 8.10. The third-order valence-electron chi connectivity index (χ3n) is 3.19. The van der Waals surface area contributed by atoms with Crippen LogP contribution in [-0.4, -0.2) is 36.4 Å². The van der Waals surface area contributed by atoms with E-state index in [4.69, 9.17) is 0 Å². The van der Waals surface area contributed by atoms with Crippen molar-refractivity contribution < 1.29 is 14.1 Å². The standard InChI is InChI=1S/C13H16N2O2/c1-15(9-5-8-13(15)17)10-12(16)14-11-6-3-2-4-7-11/h2-4,6-7H,5,8-10H2,1H3/p+1. The number of nitrogens with one attached hydrogen (secondary N) is 1. The molecule has 0 radical (unpaired) electrons. The van der Waals surface area contributed by atoms with E-state index in [0.717, 1.165) is 18.7 Å². The van der Waals surface area contributed by atoms with Crippen molar-refractivity contribution in [3.63, 3.8) is 0 Å². The Morgan fingerprint density at radius 2 is 2.06 bits per heavy atom. The highest BCUT2D eigenvalue weighted by atomic mass is 16.2. The number of benzene rings is 1. The molecule has 4 nitrogen and oxygen atoms in total. The number of anilines is 1. The Morgan fingerprint density at radius 3 is 2.65 bits per heavy atom. The number of para-hydroxylation sites is 1. The van der Waals surface area contributed by atoms with Crippen LogP contribution < -0.4 is 5.32 Å².